The molecule has 1 unspecified atom stereocenters. The number of hydrogen-bond acceptors (Lipinski definition) is 5. The van der Waals surface area contributed by atoms with Crippen molar-refractivity contribution in [3.05, 3.63) is 72.9 Å². The van der Waals surface area contributed by atoms with Crippen molar-refractivity contribution in [2.24, 2.45) is 0 Å². The summed E-state index contributed by atoms with van der Waals surface area (Å²) in [5.74, 6) is -0.596. The van der Waals surface area contributed by atoms with Crippen molar-refractivity contribution < 1.29 is 24.2 Å². The lowest BCUT2D eigenvalue weighted by Gasteiger charge is -2.15. The number of aliphatic hydroxyl groups excluding tert-OH is 1. The Bertz CT molecular complexity index is 1050. The van der Waals surface area contributed by atoms with Gasteiger partial charge >= 0.3 is 11.9 Å². The predicted octanol–water partition coefficient (Wildman–Crippen LogP) is 16.1. The van der Waals surface area contributed by atoms with E-state index in [1.165, 1.54) is 122 Å². The summed E-state index contributed by atoms with van der Waals surface area (Å²) < 4.78 is 10.7. The van der Waals surface area contributed by atoms with Gasteiger partial charge in [0.2, 0.25) is 0 Å². The summed E-state index contributed by atoms with van der Waals surface area (Å²) in [7, 11) is 0. The van der Waals surface area contributed by atoms with Gasteiger partial charge in [-0.25, -0.2) is 0 Å². The summed E-state index contributed by atoms with van der Waals surface area (Å²) in [4.78, 5) is 24.4. The molecule has 0 amide bonds. The maximum atomic E-state index is 12.3. The number of ether oxygens (including phenoxy) is 2. The van der Waals surface area contributed by atoms with Crippen LogP contribution in [0.25, 0.3) is 0 Å². The van der Waals surface area contributed by atoms with E-state index in [0.29, 0.717) is 12.8 Å². The second-order valence-electron chi connectivity index (χ2n) is 16.2. The molecule has 0 saturated carbocycles. The van der Waals surface area contributed by atoms with Crippen LogP contribution >= 0.6 is 0 Å². The van der Waals surface area contributed by atoms with Gasteiger partial charge in [0.1, 0.15) is 6.61 Å². The molecule has 1 N–H and O–H groups in total. The molecule has 0 heterocycles. The molecule has 0 saturated heterocycles. The van der Waals surface area contributed by atoms with E-state index in [4.69, 9.17) is 9.47 Å². The quantitative estimate of drug-likeness (QED) is 0.0377. The first-order valence-electron chi connectivity index (χ1n) is 24.5. The van der Waals surface area contributed by atoms with Gasteiger partial charge in [0, 0.05) is 12.8 Å². The number of esters is 2. The molecule has 0 aliphatic heterocycles. The molecule has 0 fully saturated rings. The Morgan fingerprint density at radius 2 is 0.741 bits per heavy atom. The molecule has 5 heteroatoms. The standard InChI is InChI=1S/C53H92O5/c1-3-5-7-9-11-13-15-17-19-21-22-23-24-25-26-27-28-29-30-32-34-36-38-40-42-44-46-48-53(56)58-51(49-54)50-57-52(55)47-45-43-41-39-37-35-33-31-20-18-16-14-12-10-8-6-4-2/h5,7,11,13,17,19,22-23,25-26,28-29,51,54H,3-4,6,8-10,12,14-16,18,20-21,24,27,30-50H2,1-2H3/b7-5-,13-11-,19-17-,23-22-,26-25-,29-28-. The molecule has 0 aromatic rings. The second kappa shape index (κ2) is 48.7. The fourth-order valence-corrected chi connectivity index (χ4v) is 6.85. The van der Waals surface area contributed by atoms with Crippen LogP contribution in [0.3, 0.4) is 0 Å². The van der Waals surface area contributed by atoms with Crippen molar-refractivity contribution in [3.63, 3.8) is 0 Å². The van der Waals surface area contributed by atoms with Gasteiger partial charge in [-0.05, 0) is 64.2 Å². The summed E-state index contributed by atoms with van der Waals surface area (Å²) in [6, 6.07) is 0. The van der Waals surface area contributed by atoms with Gasteiger partial charge in [0.15, 0.2) is 6.10 Å². The molecule has 334 valence electrons. The van der Waals surface area contributed by atoms with Gasteiger partial charge < -0.3 is 14.6 Å². The SMILES string of the molecule is CC/C=C\C/C=C\C/C=C\C/C=C\C/C=C\C/C=C\CCCCCCCCCCC(=O)OC(CO)COC(=O)CCCCCCCCCCCCCCCCCCC. The summed E-state index contributed by atoms with van der Waals surface area (Å²) >= 11 is 0. The largest absolute Gasteiger partial charge is 0.462 e. The number of carbonyl (C=O) groups excluding carboxylic acids is 2. The average molecular weight is 809 g/mol. The van der Waals surface area contributed by atoms with Crippen LogP contribution in [0.2, 0.25) is 0 Å². The Labute approximate surface area is 359 Å². The lowest BCUT2D eigenvalue weighted by Crippen LogP contribution is -2.28. The summed E-state index contributed by atoms with van der Waals surface area (Å²) in [6.45, 7) is 4.03. The number of aliphatic hydroxyl groups is 1. The summed E-state index contributed by atoms with van der Waals surface area (Å²) in [5.41, 5.74) is 0. The first kappa shape index (κ1) is 55.3. The third-order valence-electron chi connectivity index (χ3n) is 10.5. The highest BCUT2D eigenvalue weighted by atomic mass is 16.6. The topological polar surface area (TPSA) is 72.8 Å². The van der Waals surface area contributed by atoms with E-state index in [1.807, 2.05) is 0 Å². The van der Waals surface area contributed by atoms with Crippen LogP contribution in [0, 0.1) is 0 Å². The fourth-order valence-electron chi connectivity index (χ4n) is 6.85. The molecule has 1 atom stereocenters. The summed E-state index contributed by atoms with van der Waals surface area (Å²) in [5, 5.41) is 9.61. The number of hydrogen-bond donors (Lipinski definition) is 1. The van der Waals surface area contributed by atoms with Gasteiger partial charge in [0.25, 0.3) is 0 Å². The Balaban J connectivity index is 3.55. The Kier molecular flexibility index (Phi) is 46.5. The van der Waals surface area contributed by atoms with Crippen molar-refractivity contribution in [3.8, 4) is 0 Å². The van der Waals surface area contributed by atoms with E-state index in [9.17, 15) is 14.7 Å². The van der Waals surface area contributed by atoms with Crippen molar-refractivity contribution in [2.45, 2.75) is 238 Å². The van der Waals surface area contributed by atoms with Crippen molar-refractivity contribution in [1.29, 1.82) is 0 Å². The van der Waals surface area contributed by atoms with E-state index in [1.54, 1.807) is 0 Å². The molecule has 0 aromatic heterocycles. The second-order valence-corrected chi connectivity index (χ2v) is 16.2. The van der Waals surface area contributed by atoms with Crippen LogP contribution < -0.4 is 0 Å². The maximum absolute atomic E-state index is 12.3. The first-order valence-corrected chi connectivity index (χ1v) is 24.5. The van der Waals surface area contributed by atoms with Crippen molar-refractivity contribution in [2.75, 3.05) is 13.2 Å². The molecular formula is C53H92O5. The Hall–Kier alpha value is -2.66. The van der Waals surface area contributed by atoms with Gasteiger partial charge in [-0.2, -0.15) is 0 Å². The molecule has 0 radical (unpaired) electrons. The first-order chi connectivity index (χ1) is 28.6. The minimum Gasteiger partial charge on any atom is -0.462 e. The zero-order valence-corrected chi connectivity index (χ0v) is 38.0. The van der Waals surface area contributed by atoms with E-state index >= 15 is 0 Å². The van der Waals surface area contributed by atoms with Gasteiger partial charge in [-0.3, -0.25) is 9.59 Å². The van der Waals surface area contributed by atoms with Crippen LogP contribution in [-0.4, -0.2) is 36.4 Å². The van der Waals surface area contributed by atoms with E-state index in [2.05, 4.69) is 86.8 Å². The zero-order valence-electron chi connectivity index (χ0n) is 38.0. The number of unbranched alkanes of at least 4 members (excludes halogenated alkanes) is 24. The molecule has 0 aromatic carbocycles. The number of allylic oxidation sites excluding steroid dienone is 12. The molecule has 0 rings (SSSR count). The molecule has 5 nitrogen and oxygen atoms in total. The normalized spacial score (nSPS) is 12.8. The molecule has 58 heavy (non-hydrogen) atoms. The third kappa shape index (κ3) is 46.0. The minimum atomic E-state index is -0.778. The maximum Gasteiger partial charge on any atom is 0.306 e. The van der Waals surface area contributed by atoms with Crippen molar-refractivity contribution in [1.82, 2.24) is 0 Å². The van der Waals surface area contributed by atoms with E-state index < -0.39 is 6.10 Å². The third-order valence-corrected chi connectivity index (χ3v) is 10.5. The predicted molar refractivity (Wildman–Crippen MR) is 251 cm³/mol. The smallest absolute Gasteiger partial charge is 0.306 e. The van der Waals surface area contributed by atoms with Crippen LogP contribution in [0.15, 0.2) is 72.9 Å². The molecular weight excluding hydrogens is 717 g/mol. The number of rotatable bonds is 44. The molecule has 0 spiro atoms. The van der Waals surface area contributed by atoms with Crippen molar-refractivity contribution >= 4 is 11.9 Å². The zero-order chi connectivity index (χ0) is 42.1. The molecule has 0 aliphatic carbocycles. The average Bonchev–Trinajstić information content (AvgIpc) is 3.23. The Morgan fingerprint density at radius 3 is 1.12 bits per heavy atom. The van der Waals surface area contributed by atoms with E-state index in [-0.39, 0.29) is 25.2 Å². The monoisotopic (exact) mass is 809 g/mol. The minimum absolute atomic E-state index is 0.0693. The number of carbonyl (C=O) groups is 2. The molecule has 0 aliphatic rings. The summed E-state index contributed by atoms with van der Waals surface area (Å²) in [6.07, 6.45) is 65.5. The fraction of sp³-hybridized carbons (Fsp3) is 0.736. The lowest BCUT2D eigenvalue weighted by molar-refractivity contribution is -0.161. The van der Waals surface area contributed by atoms with Gasteiger partial charge in [-0.15, -0.1) is 0 Å². The Morgan fingerprint density at radius 1 is 0.414 bits per heavy atom. The molecule has 0 bridgehead atoms. The highest BCUT2D eigenvalue weighted by Gasteiger charge is 2.16. The van der Waals surface area contributed by atoms with E-state index in [0.717, 1.165) is 83.5 Å². The van der Waals surface area contributed by atoms with Crippen LogP contribution in [0.4, 0.5) is 0 Å². The lowest BCUT2D eigenvalue weighted by atomic mass is 10.0. The van der Waals surface area contributed by atoms with Crippen LogP contribution in [0.1, 0.15) is 232 Å². The highest BCUT2D eigenvalue weighted by molar-refractivity contribution is 5.70. The van der Waals surface area contributed by atoms with Gasteiger partial charge in [0.05, 0.1) is 6.61 Å². The highest BCUT2D eigenvalue weighted by Crippen LogP contribution is 2.15. The van der Waals surface area contributed by atoms with Gasteiger partial charge in [-0.1, -0.05) is 228 Å². The van der Waals surface area contributed by atoms with Crippen LogP contribution in [0.5, 0.6) is 0 Å². The van der Waals surface area contributed by atoms with Crippen LogP contribution in [-0.2, 0) is 19.1 Å².